The lowest BCUT2D eigenvalue weighted by atomic mass is 10.0. The quantitative estimate of drug-likeness (QED) is 0.465. The molecule has 0 unspecified atom stereocenters. The Balaban J connectivity index is 1.60. The number of aromatic nitrogens is 3. The molecule has 6 heteroatoms. The molecule has 4 rings (SSSR count). The summed E-state index contributed by atoms with van der Waals surface area (Å²) in [6.07, 6.45) is 4.27. The van der Waals surface area contributed by atoms with Crippen molar-refractivity contribution >= 4 is 23.2 Å². The molecule has 2 aromatic carbocycles. The summed E-state index contributed by atoms with van der Waals surface area (Å²) in [4.78, 5) is 29.8. The fourth-order valence-corrected chi connectivity index (χ4v) is 3.60. The van der Waals surface area contributed by atoms with Crippen LogP contribution in [0.25, 0.3) is 5.78 Å². The van der Waals surface area contributed by atoms with Gasteiger partial charge in [0.25, 0.3) is 5.56 Å². The van der Waals surface area contributed by atoms with Crippen molar-refractivity contribution in [3.8, 4) is 0 Å². The van der Waals surface area contributed by atoms with Crippen molar-refractivity contribution < 1.29 is 4.79 Å². The number of hydrogen-bond acceptors (Lipinski definition) is 3. The number of halogens is 1. The van der Waals surface area contributed by atoms with E-state index in [2.05, 4.69) is 4.98 Å². The Morgan fingerprint density at radius 3 is 2.24 bits per heavy atom. The van der Waals surface area contributed by atoms with Crippen molar-refractivity contribution in [2.45, 2.75) is 26.8 Å². The van der Waals surface area contributed by atoms with Gasteiger partial charge in [0.1, 0.15) is 0 Å². The number of benzene rings is 2. The third-order valence-electron chi connectivity index (χ3n) is 5.08. The Bertz CT molecular complexity index is 1250. The van der Waals surface area contributed by atoms with Crippen LogP contribution >= 0.6 is 11.6 Å². The topological polar surface area (TPSA) is 56.4 Å². The third-order valence-corrected chi connectivity index (χ3v) is 5.33. The second-order valence-corrected chi connectivity index (χ2v) is 7.40. The lowest BCUT2D eigenvalue weighted by Crippen LogP contribution is -2.20. The second-order valence-electron chi connectivity index (χ2n) is 6.96. The lowest BCUT2D eigenvalue weighted by Gasteiger charge is -2.08. The standard InChI is InChI=1S/C23H20ClN3O2/c1-3-20-15(2)25-23-26(12-13-27(23)22(20)29)14-16-4-6-17(7-5-16)21(28)18-8-10-19(24)11-9-18/h4-13H,3,14H2,1-2H3. The van der Waals surface area contributed by atoms with Crippen molar-refractivity contribution in [3.05, 3.63) is 104 Å². The zero-order valence-electron chi connectivity index (χ0n) is 16.2. The van der Waals surface area contributed by atoms with E-state index in [9.17, 15) is 9.59 Å². The Morgan fingerprint density at radius 2 is 1.62 bits per heavy atom. The molecule has 0 aliphatic carbocycles. The first-order chi connectivity index (χ1) is 14.0. The highest BCUT2D eigenvalue weighted by Crippen LogP contribution is 2.16. The number of rotatable bonds is 5. The van der Waals surface area contributed by atoms with E-state index in [-0.39, 0.29) is 11.3 Å². The third kappa shape index (κ3) is 3.61. The number of carbonyl (C=O) groups excluding carboxylic acids is 1. The van der Waals surface area contributed by atoms with Gasteiger partial charge in [0.2, 0.25) is 5.78 Å². The van der Waals surface area contributed by atoms with Gasteiger partial charge in [0, 0.05) is 39.8 Å². The summed E-state index contributed by atoms with van der Waals surface area (Å²) in [6, 6.07) is 14.3. The minimum absolute atomic E-state index is 0.0161. The fourth-order valence-electron chi connectivity index (χ4n) is 3.47. The molecule has 146 valence electrons. The molecule has 0 amide bonds. The molecule has 0 aliphatic heterocycles. The van der Waals surface area contributed by atoms with Crippen LogP contribution in [0, 0.1) is 6.92 Å². The van der Waals surface area contributed by atoms with Gasteiger partial charge in [-0.2, -0.15) is 0 Å². The van der Waals surface area contributed by atoms with Crippen LogP contribution in [-0.2, 0) is 13.0 Å². The molecule has 5 nitrogen and oxygen atoms in total. The molecule has 0 atom stereocenters. The molecule has 0 fully saturated rings. The van der Waals surface area contributed by atoms with Crippen LogP contribution in [-0.4, -0.2) is 19.7 Å². The minimum Gasteiger partial charge on any atom is -0.312 e. The van der Waals surface area contributed by atoms with E-state index in [0.29, 0.717) is 34.9 Å². The maximum atomic E-state index is 12.6. The molecule has 0 saturated carbocycles. The van der Waals surface area contributed by atoms with E-state index in [1.807, 2.05) is 48.9 Å². The summed E-state index contributed by atoms with van der Waals surface area (Å²) in [5, 5.41) is 0.602. The van der Waals surface area contributed by atoms with Crippen LogP contribution in [0.15, 0.2) is 65.7 Å². The summed E-state index contributed by atoms with van der Waals surface area (Å²) >= 11 is 5.89. The van der Waals surface area contributed by atoms with Crippen LogP contribution in [0.5, 0.6) is 0 Å². The number of nitrogens with zero attached hydrogens (tertiary/aromatic N) is 3. The Kier molecular flexibility index (Phi) is 5.07. The molecule has 0 aliphatic rings. The smallest absolute Gasteiger partial charge is 0.262 e. The number of fused-ring (bicyclic) bond motifs is 1. The van der Waals surface area contributed by atoms with Crippen LogP contribution in [0.4, 0.5) is 0 Å². The van der Waals surface area contributed by atoms with Gasteiger partial charge in [0.15, 0.2) is 5.78 Å². The first-order valence-corrected chi connectivity index (χ1v) is 9.82. The summed E-state index contributed by atoms with van der Waals surface area (Å²) in [5.41, 5.74) is 3.72. The predicted octanol–water partition coefficient (Wildman–Crippen LogP) is 4.30. The van der Waals surface area contributed by atoms with Gasteiger partial charge in [-0.1, -0.05) is 42.8 Å². The first-order valence-electron chi connectivity index (χ1n) is 9.44. The van der Waals surface area contributed by atoms with Crippen LogP contribution in [0.3, 0.4) is 0 Å². The maximum Gasteiger partial charge on any atom is 0.262 e. The van der Waals surface area contributed by atoms with E-state index in [0.717, 1.165) is 16.8 Å². The summed E-state index contributed by atoms with van der Waals surface area (Å²) in [5.74, 6) is 0.571. The monoisotopic (exact) mass is 405 g/mol. The van der Waals surface area contributed by atoms with E-state index in [1.165, 1.54) is 0 Å². The molecule has 0 N–H and O–H groups in total. The second kappa shape index (κ2) is 7.68. The molecular weight excluding hydrogens is 386 g/mol. The van der Waals surface area contributed by atoms with Crippen molar-refractivity contribution in [2.75, 3.05) is 0 Å². The van der Waals surface area contributed by atoms with Crippen molar-refractivity contribution in [1.82, 2.24) is 14.0 Å². The average Bonchev–Trinajstić information content (AvgIpc) is 3.11. The Labute approximate surface area is 173 Å². The maximum absolute atomic E-state index is 12.6. The lowest BCUT2D eigenvalue weighted by molar-refractivity contribution is 0.103. The van der Waals surface area contributed by atoms with E-state index in [4.69, 9.17) is 11.6 Å². The van der Waals surface area contributed by atoms with Crippen molar-refractivity contribution in [3.63, 3.8) is 0 Å². The first kappa shape index (κ1) is 19.2. The number of imidazole rings is 1. The van der Waals surface area contributed by atoms with E-state index >= 15 is 0 Å². The number of ketones is 1. The summed E-state index contributed by atoms with van der Waals surface area (Å²) in [6.45, 7) is 4.39. The highest BCUT2D eigenvalue weighted by atomic mass is 35.5. The van der Waals surface area contributed by atoms with Crippen molar-refractivity contribution in [2.24, 2.45) is 0 Å². The van der Waals surface area contributed by atoms with E-state index < -0.39 is 0 Å². The average molecular weight is 406 g/mol. The van der Waals surface area contributed by atoms with Crippen LogP contribution < -0.4 is 5.56 Å². The SMILES string of the molecule is CCc1c(C)nc2n(Cc3ccc(C(=O)c4ccc(Cl)cc4)cc3)ccn2c1=O. The summed E-state index contributed by atoms with van der Waals surface area (Å²) < 4.78 is 3.52. The normalized spacial score (nSPS) is 11.1. The molecule has 2 aromatic heterocycles. The Morgan fingerprint density at radius 1 is 1.00 bits per heavy atom. The van der Waals surface area contributed by atoms with Crippen LogP contribution in [0.2, 0.25) is 5.02 Å². The molecule has 0 radical (unpaired) electrons. The van der Waals surface area contributed by atoms with Gasteiger partial charge in [-0.3, -0.25) is 14.0 Å². The minimum atomic E-state index is -0.0458. The zero-order chi connectivity index (χ0) is 20.5. The van der Waals surface area contributed by atoms with E-state index in [1.54, 1.807) is 34.9 Å². The summed E-state index contributed by atoms with van der Waals surface area (Å²) in [7, 11) is 0. The predicted molar refractivity (Wildman–Crippen MR) is 114 cm³/mol. The van der Waals surface area contributed by atoms with Crippen molar-refractivity contribution in [1.29, 1.82) is 0 Å². The molecule has 2 heterocycles. The molecule has 29 heavy (non-hydrogen) atoms. The number of carbonyl (C=O) groups is 1. The number of hydrogen-bond donors (Lipinski definition) is 0. The van der Waals surface area contributed by atoms with Gasteiger partial charge in [0.05, 0.1) is 6.54 Å². The number of aryl methyl sites for hydroxylation is 1. The van der Waals surface area contributed by atoms with Gasteiger partial charge in [-0.15, -0.1) is 0 Å². The van der Waals surface area contributed by atoms with Gasteiger partial charge in [-0.05, 0) is 43.2 Å². The van der Waals surface area contributed by atoms with Gasteiger partial charge < -0.3 is 4.57 Å². The molecule has 0 saturated heterocycles. The zero-order valence-corrected chi connectivity index (χ0v) is 17.0. The highest BCUT2D eigenvalue weighted by Gasteiger charge is 2.12. The molecule has 4 aromatic rings. The molecule has 0 bridgehead atoms. The van der Waals surface area contributed by atoms with Crippen LogP contribution in [0.1, 0.15) is 39.7 Å². The fraction of sp³-hybridized carbons (Fsp3) is 0.174. The van der Waals surface area contributed by atoms with Gasteiger partial charge >= 0.3 is 0 Å². The molecule has 0 spiro atoms. The largest absolute Gasteiger partial charge is 0.312 e. The van der Waals surface area contributed by atoms with Gasteiger partial charge in [-0.25, -0.2) is 4.98 Å². The highest BCUT2D eigenvalue weighted by molar-refractivity contribution is 6.30. The Hall–Kier alpha value is -3.18. The molecular formula is C23H20ClN3O2.